The van der Waals surface area contributed by atoms with Crippen LogP contribution in [0.1, 0.15) is 11.3 Å². The maximum atomic E-state index is 12.5. The molecule has 0 atom stereocenters. The second kappa shape index (κ2) is 4.83. The number of hydrogen-bond acceptors (Lipinski definition) is 3. The van der Waals surface area contributed by atoms with Gasteiger partial charge in [-0.1, -0.05) is 17.7 Å². The molecule has 8 heteroatoms. The van der Waals surface area contributed by atoms with Crippen LogP contribution in [0.15, 0.2) is 30.9 Å². The van der Waals surface area contributed by atoms with Crippen molar-refractivity contribution in [3.05, 3.63) is 47.3 Å². The van der Waals surface area contributed by atoms with Crippen LogP contribution in [0.4, 0.5) is 0 Å². The number of aromatic nitrogens is 3. The molecule has 1 aliphatic heterocycles. The zero-order chi connectivity index (χ0) is 14.3. The summed E-state index contributed by atoms with van der Waals surface area (Å²) in [4.78, 5) is 4.24. The topological polar surface area (TPSA) is 59.1 Å². The monoisotopic (exact) mass is 313 g/mol. The van der Waals surface area contributed by atoms with Gasteiger partial charge in [-0.15, -0.1) is 3.97 Å². The lowest BCUT2D eigenvalue weighted by Crippen LogP contribution is -2.40. The van der Waals surface area contributed by atoms with Crippen molar-refractivity contribution in [1.29, 1.82) is 0 Å². The Kier molecular flexibility index (Phi) is 3.27. The number of rotatable bonds is 2. The minimum absolute atomic E-state index is 0.323. The summed E-state index contributed by atoms with van der Waals surface area (Å²) in [7, 11) is -1.74. The Morgan fingerprint density at radius 3 is 2.90 bits per heavy atom. The van der Waals surface area contributed by atoms with Crippen LogP contribution >= 0.6 is 11.6 Å². The second-order valence-electron chi connectivity index (χ2n) is 4.74. The van der Waals surface area contributed by atoms with Gasteiger partial charge in [-0.25, -0.2) is 9.55 Å². The van der Waals surface area contributed by atoms with E-state index < -0.39 is 10.2 Å². The summed E-state index contributed by atoms with van der Waals surface area (Å²) in [6.07, 6.45) is 5.33. The Hall–Kier alpha value is -1.44. The number of hydrogen-bond donors (Lipinski definition) is 0. The number of pyridine rings is 1. The van der Waals surface area contributed by atoms with Crippen LogP contribution < -0.4 is 4.57 Å². The largest absolute Gasteiger partial charge is 0.380 e. The van der Waals surface area contributed by atoms with Crippen LogP contribution in [0.5, 0.6) is 0 Å². The number of fused-ring (bicyclic) bond motifs is 1. The van der Waals surface area contributed by atoms with Crippen molar-refractivity contribution >= 4 is 21.8 Å². The fourth-order valence-electron chi connectivity index (χ4n) is 2.26. The smallest absolute Gasteiger partial charge is 0.241 e. The SMILES string of the molecule is C[n+]1ccn(S(=O)(=O)N2CCc3nc(Cl)ccc3C2)c1. The van der Waals surface area contributed by atoms with Gasteiger partial charge in [-0.3, -0.25) is 0 Å². The van der Waals surface area contributed by atoms with Crippen molar-refractivity contribution < 1.29 is 13.0 Å². The molecule has 20 heavy (non-hydrogen) atoms. The van der Waals surface area contributed by atoms with E-state index in [1.54, 1.807) is 23.9 Å². The maximum absolute atomic E-state index is 12.5. The molecule has 106 valence electrons. The highest BCUT2D eigenvalue weighted by Gasteiger charge is 2.32. The summed E-state index contributed by atoms with van der Waals surface area (Å²) in [5.74, 6) is 0. The minimum Gasteiger partial charge on any atom is -0.241 e. The van der Waals surface area contributed by atoms with Crippen molar-refractivity contribution in [3.63, 3.8) is 0 Å². The first kappa shape index (κ1) is 13.5. The summed E-state index contributed by atoms with van der Waals surface area (Å²) < 4.78 is 29.4. The Morgan fingerprint density at radius 1 is 1.40 bits per heavy atom. The summed E-state index contributed by atoms with van der Waals surface area (Å²) in [6, 6.07) is 3.52. The number of aryl methyl sites for hydroxylation is 1. The highest BCUT2D eigenvalue weighted by atomic mass is 35.5. The first-order chi connectivity index (χ1) is 9.46. The van der Waals surface area contributed by atoms with E-state index in [2.05, 4.69) is 4.98 Å². The molecule has 2 aromatic rings. The molecule has 2 aromatic heterocycles. The van der Waals surface area contributed by atoms with Gasteiger partial charge in [0.2, 0.25) is 0 Å². The molecule has 0 fully saturated rings. The van der Waals surface area contributed by atoms with Crippen LogP contribution in [0.3, 0.4) is 0 Å². The molecule has 0 unspecified atom stereocenters. The minimum atomic E-state index is -3.53. The van der Waals surface area contributed by atoms with E-state index in [1.807, 2.05) is 6.07 Å². The van der Waals surface area contributed by atoms with Gasteiger partial charge < -0.3 is 0 Å². The Labute approximate surface area is 122 Å². The molecule has 6 nitrogen and oxygen atoms in total. The summed E-state index contributed by atoms with van der Waals surface area (Å²) >= 11 is 5.85. The first-order valence-electron chi connectivity index (χ1n) is 6.15. The van der Waals surface area contributed by atoms with Crippen LogP contribution in [0.2, 0.25) is 5.15 Å². The second-order valence-corrected chi connectivity index (χ2v) is 6.96. The third-order valence-electron chi connectivity index (χ3n) is 3.32. The van der Waals surface area contributed by atoms with E-state index in [0.717, 1.165) is 11.3 Å². The van der Waals surface area contributed by atoms with Gasteiger partial charge in [0.1, 0.15) is 17.5 Å². The molecule has 3 rings (SSSR count). The number of nitrogens with zero attached hydrogens (tertiary/aromatic N) is 4. The van der Waals surface area contributed by atoms with Crippen molar-refractivity contribution in [2.45, 2.75) is 13.0 Å². The van der Waals surface area contributed by atoms with Crippen molar-refractivity contribution in [2.24, 2.45) is 7.05 Å². The van der Waals surface area contributed by atoms with E-state index in [1.165, 1.54) is 20.8 Å². The van der Waals surface area contributed by atoms with Gasteiger partial charge in [-0.2, -0.15) is 12.7 Å². The average Bonchev–Trinajstić information content (AvgIpc) is 2.85. The van der Waals surface area contributed by atoms with Gasteiger partial charge in [0, 0.05) is 25.2 Å². The number of halogens is 1. The molecule has 0 spiro atoms. The first-order valence-corrected chi connectivity index (χ1v) is 7.92. The molecule has 0 aliphatic carbocycles. The zero-order valence-corrected chi connectivity index (χ0v) is 12.5. The molecular formula is C12H14ClN4O2S+. The highest BCUT2D eigenvalue weighted by molar-refractivity contribution is 7.87. The summed E-state index contributed by atoms with van der Waals surface area (Å²) in [5, 5.41) is 0.442. The quantitative estimate of drug-likeness (QED) is 0.600. The van der Waals surface area contributed by atoms with E-state index in [9.17, 15) is 8.42 Å². The van der Waals surface area contributed by atoms with Crippen LogP contribution in [-0.4, -0.2) is 28.2 Å². The molecule has 1 aliphatic rings. The van der Waals surface area contributed by atoms with Crippen LogP contribution in [0.25, 0.3) is 0 Å². The molecule has 3 heterocycles. The summed E-state index contributed by atoms with van der Waals surface area (Å²) in [5.41, 5.74) is 1.78. The standard InChI is InChI=1S/C12H14ClN4O2S/c1-15-6-7-17(9-15)20(18,19)16-5-4-11-10(8-16)2-3-12(13)14-11/h2-3,6-7,9H,4-5,8H2,1H3/q+1. The lowest BCUT2D eigenvalue weighted by Gasteiger charge is -2.25. The maximum Gasteiger partial charge on any atom is 0.380 e. The lowest BCUT2D eigenvalue weighted by molar-refractivity contribution is -0.670. The Bertz CT molecular complexity index is 757. The number of imidazole rings is 1. The molecule has 0 N–H and O–H groups in total. The molecular weight excluding hydrogens is 300 g/mol. The van der Waals surface area contributed by atoms with Crippen molar-refractivity contribution in [2.75, 3.05) is 6.54 Å². The van der Waals surface area contributed by atoms with Crippen LogP contribution in [0, 0.1) is 0 Å². The van der Waals surface area contributed by atoms with Gasteiger partial charge >= 0.3 is 10.2 Å². The normalized spacial score (nSPS) is 16.1. The lowest BCUT2D eigenvalue weighted by atomic mass is 10.1. The van der Waals surface area contributed by atoms with Gasteiger partial charge in [0.25, 0.3) is 6.33 Å². The van der Waals surface area contributed by atoms with Gasteiger partial charge in [-0.05, 0) is 11.6 Å². The molecule has 0 bridgehead atoms. The molecule has 0 amide bonds. The third kappa shape index (κ3) is 2.32. The van der Waals surface area contributed by atoms with Gasteiger partial charge in [0.05, 0.1) is 7.05 Å². The highest BCUT2D eigenvalue weighted by Crippen LogP contribution is 2.22. The van der Waals surface area contributed by atoms with E-state index in [4.69, 9.17) is 11.6 Å². The van der Waals surface area contributed by atoms with E-state index in [0.29, 0.717) is 24.7 Å². The van der Waals surface area contributed by atoms with Crippen molar-refractivity contribution in [3.8, 4) is 0 Å². The Balaban J connectivity index is 1.92. The van der Waals surface area contributed by atoms with Gasteiger partial charge in [0.15, 0.2) is 0 Å². The molecule has 0 saturated heterocycles. The fourth-order valence-corrected chi connectivity index (χ4v) is 3.79. The van der Waals surface area contributed by atoms with Crippen LogP contribution in [-0.2, 0) is 30.2 Å². The van der Waals surface area contributed by atoms with Crippen molar-refractivity contribution in [1.82, 2.24) is 13.3 Å². The zero-order valence-electron chi connectivity index (χ0n) is 10.9. The predicted octanol–water partition coefficient (Wildman–Crippen LogP) is 0.512. The molecule has 0 radical (unpaired) electrons. The van der Waals surface area contributed by atoms with E-state index in [-0.39, 0.29) is 0 Å². The third-order valence-corrected chi connectivity index (χ3v) is 5.24. The average molecular weight is 314 g/mol. The summed E-state index contributed by atoms with van der Waals surface area (Å²) in [6.45, 7) is 0.730. The fraction of sp³-hybridized carbons (Fsp3) is 0.333. The van der Waals surface area contributed by atoms with E-state index >= 15 is 0 Å². The Morgan fingerprint density at radius 2 is 2.20 bits per heavy atom. The molecule has 0 saturated carbocycles. The molecule has 0 aromatic carbocycles. The predicted molar refractivity (Wildman–Crippen MR) is 73.3 cm³/mol.